The van der Waals surface area contributed by atoms with Gasteiger partial charge in [-0.1, -0.05) is 0 Å². The van der Waals surface area contributed by atoms with Crippen molar-refractivity contribution in [3.63, 3.8) is 0 Å². The highest BCUT2D eigenvalue weighted by molar-refractivity contribution is 5.80. The van der Waals surface area contributed by atoms with E-state index in [1.165, 1.54) is 4.90 Å². The normalized spacial score (nSPS) is 20.0. The molecule has 1 rings (SSSR count). The van der Waals surface area contributed by atoms with Crippen molar-refractivity contribution in [2.45, 2.75) is 12.8 Å². The number of hydrogen-bond acceptors (Lipinski definition) is 3. The van der Waals surface area contributed by atoms with E-state index in [4.69, 9.17) is 4.74 Å². The first kappa shape index (κ1) is 12.0. The number of carbonyl (C=O) groups excluding carboxylic acids is 2. The Morgan fingerprint density at radius 3 is 2.73 bits per heavy atom. The molecule has 0 bridgehead atoms. The molecule has 1 N–H and O–H groups in total. The molecule has 0 saturated carbocycles. The molecule has 5 heteroatoms. The number of hydrogen-bond donors (Lipinski definition) is 1. The van der Waals surface area contributed by atoms with Crippen LogP contribution < -0.4 is 5.32 Å². The molecule has 1 heterocycles. The summed E-state index contributed by atoms with van der Waals surface area (Å²) in [6.07, 6.45) is 1.14. The van der Waals surface area contributed by atoms with Crippen molar-refractivity contribution in [1.82, 2.24) is 10.2 Å². The van der Waals surface area contributed by atoms with Crippen LogP contribution in [-0.2, 0) is 14.3 Å². The van der Waals surface area contributed by atoms with Crippen LogP contribution in [0.15, 0.2) is 0 Å². The number of rotatable bonds is 4. The second-order valence-corrected chi connectivity index (χ2v) is 3.89. The number of carbonyl (C=O) groups is 2. The molecule has 5 nitrogen and oxygen atoms in total. The summed E-state index contributed by atoms with van der Waals surface area (Å²) in [5.41, 5.74) is 0. The first-order valence-corrected chi connectivity index (χ1v) is 5.17. The van der Waals surface area contributed by atoms with Gasteiger partial charge >= 0.3 is 0 Å². The summed E-state index contributed by atoms with van der Waals surface area (Å²) in [7, 11) is 3.41. The third-order valence-electron chi connectivity index (χ3n) is 2.44. The van der Waals surface area contributed by atoms with Gasteiger partial charge in [0.05, 0.1) is 12.5 Å². The Labute approximate surface area is 89.8 Å². The van der Waals surface area contributed by atoms with Gasteiger partial charge < -0.3 is 15.0 Å². The smallest absolute Gasteiger partial charge is 0.225 e. The molecule has 0 aromatic heterocycles. The predicted octanol–water partition coefficient (Wildman–Crippen LogP) is -0.383. The minimum absolute atomic E-state index is 0.000874. The van der Waals surface area contributed by atoms with Crippen LogP contribution in [0.25, 0.3) is 0 Å². The molecule has 1 saturated heterocycles. The van der Waals surface area contributed by atoms with Crippen LogP contribution in [0.3, 0.4) is 0 Å². The zero-order valence-electron chi connectivity index (χ0n) is 9.28. The molecule has 1 aliphatic heterocycles. The molecular formula is C10H18N2O3. The van der Waals surface area contributed by atoms with Crippen LogP contribution in [0.5, 0.6) is 0 Å². The zero-order valence-corrected chi connectivity index (χ0v) is 9.28. The minimum atomic E-state index is -0.0283. The molecule has 0 radical (unpaired) electrons. The van der Waals surface area contributed by atoms with E-state index < -0.39 is 0 Å². The summed E-state index contributed by atoms with van der Waals surface area (Å²) >= 11 is 0. The second kappa shape index (κ2) is 5.70. The quantitative estimate of drug-likeness (QED) is 0.694. The Hall–Kier alpha value is -1.10. The van der Waals surface area contributed by atoms with Crippen LogP contribution >= 0.6 is 0 Å². The number of nitrogens with zero attached hydrogens (tertiary/aromatic N) is 1. The Morgan fingerprint density at radius 1 is 1.47 bits per heavy atom. The molecule has 15 heavy (non-hydrogen) atoms. The van der Waals surface area contributed by atoms with Crippen LogP contribution in [0.2, 0.25) is 0 Å². The van der Waals surface area contributed by atoms with Crippen molar-refractivity contribution in [2.24, 2.45) is 5.92 Å². The molecule has 1 fully saturated rings. The van der Waals surface area contributed by atoms with Crippen molar-refractivity contribution in [3.8, 4) is 0 Å². The maximum Gasteiger partial charge on any atom is 0.225 e. The fourth-order valence-electron chi connectivity index (χ4n) is 1.40. The lowest BCUT2D eigenvalue weighted by molar-refractivity contribution is -0.129. The van der Waals surface area contributed by atoms with Crippen LogP contribution in [0.4, 0.5) is 0 Å². The summed E-state index contributed by atoms with van der Waals surface area (Å²) in [4.78, 5) is 24.2. The maximum atomic E-state index is 11.5. The molecule has 0 aliphatic carbocycles. The number of amides is 2. The van der Waals surface area contributed by atoms with Gasteiger partial charge in [-0.05, 0) is 6.42 Å². The summed E-state index contributed by atoms with van der Waals surface area (Å²) in [5.74, 6) is -0.00325. The van der Waals surface area contributed by atoms with Gasteiger partial charge in [-0.25, -0.2) is 0 Å². The lowest BCUT2D eigenvalue weighted by Gasteiger charge is -2.12. The first-order valence-electron chi connectivity index (χ1n) is 5.17. The molecule has 1 aliphatic rings. The number of ether oxygens (including phenoxy) is 1. The third kappa shape index (κ3) is 3.87. The van der Waals surface area contributed by atoms with Crippen molar-refractivity contribution in [3.05, 3.63) is 0 Å². The van der Waals surface area contributed by atoms with E-state index in [0.717, 1.165) is 6.42 Å². The van der Waals surface area contributed by atoms with Crippen LogP contribution in [-0.4, -0.2) is 50.6 Å². The summed E-state index contributed by atoms with van der Waals surface area (Å²) < 4.78 is 5.11. The van der Waals surface area contributed by atoms with E-state index in [0.29, 0.717) is 26.2 Å². The van der Waals surface area contributed by atoms with E-state index in [2.05, 4.69) is 5.32 Å². The van der Waals surface area contributed by atoms with Crippen molar-refractivity contribution >= 4 is 11.8 Å². The van der Waals surface area contributed by atoms with Gasteiger partial charge in [-0.3, -0.25) is 9.59 Å². The number of nitrogens with one attached hydrogen (secondary N) is 1. The van der Waals surface area contributed by atoms with Gasteiger partial charge in [0.25, 0.3) is 0 Å². The van der Waals surface area contributed by atoms with Gasteiger partial charge in [-0.15, -0.1) is 0 Å². The fourth-order valence-corrected chi connectivity index (χ4v) is 1.40. The Balaban J connectivity index is 2.14. The van der Waals surface area contributed by atoms with Gasteiger partial charge in [0.1, 0.15) is 0 Å². The lowest BCUT2D eigenvalue weighted by Crippen LogP contribution is -2.34. The highest BCUT2D eigenvalue weighted by atomic mass is 16.5. The topological polar surface area (TPSA) is 58.6 Å². The Bertz CT molecular complexity index is 235. The van der Waals surface area contributed by atoms with E-state index in [1.54, 1.807) is 14.1 Å². The summed E-state index contributed by atoms with van der Waals surface area (Å²) in [6, 6.07) is 0. The molecule has 2 amide bonds. The van der Waals surface area contributed by atoms with E-state index in [-0.39, 0.29) is 17.7 Å². The molecule has 86 valence electrons. The molecular weight excluding hydrogens is 196 g/mol. The lowest BCUT2D eigenvalue weighted by atomic mass is 10.1. The monoisotopic (exact) mass is 214 g/mol. The Kier molecular flexibility index (Phi) is 4.55. The molecule has 1 atom stereocenters. The average Bonchev–Trinajstić information content (AvgIpc) is 2.70. The SMILES string of the molecule is CN(C)C(=O)CCNC(=O)C1CCOC1. The van der Waals surface area contributed by atoms with Crippen molar-refractivity contribution in [2.75, 3.05) is 33.9 Å². The average molecular weight is 214 g/mol. The summed E-state index contributed by atoms with van der Waals surface area (Å²) in [6.45, 7) is 1.58. The van der Waals surface area contributed by atoms with Crippen molar-refractivity contribution in [1.29, 1.82) is 0 Å². The van der Waals surface area contributed by atoms with E-state index >= 15 is 0 Å². The zero-order chi connectivity index (χ0) is 11.3. The molecule has 1 unspecified atom stereocenters. The first-order chi connectivity index (χ1) is 7.11. The maximum absolute atomic E-state index is 11.5. The minimum Gasteiger partial charge on any atom is -0.381 e. The fraction of sp³-hybridized carbons (Fsp3) is 0.800. The van der Waals surface area contributed by atoms with Crippen LogP contribution in [0.1, 0.15) is 12.8 Å². The molecule has 0 spiro atoms. The Morgan fingerprint density at radius 2 is 2.20 bits per heavy atom. The van der Waals surface area contributed by atoms with Crippen molar-refractivity contribution < 1.29 is 14.3 Å². The van der Waals surface area contributed by atoms with Gasteiger partial charge in [-0.2, -0.15) is 0 Å². The highest BCUT2D eigenvalue weighted by Gasteiger charge is 2.22. The van der Waals surface area contributed by atoms with E-state index in [9.17, 15) is 9.59 Å². The van der Waals surface area contributed by atoms with Gasteiger partial charge in [0.2, 0.25) is 11.8 Å². The second-order valence-electron chi connectivity index (χ2n) is 3.89. The summed E-state index contributed by atoms with van der Waals surface area (Å²) in [5, 5.41) is 2.74. The predicted molar refractivity (Wildman–Crippen MR) is 55.2 cm³/mol. The van der Waals surface area contributed by atoms with Crippen LogP contribution in [0, 0.1) is 5.92 Å². The van der Waals surface area contributed by atoms with Gasteiger partial charge in [0.15, 0.2) is 0 Å². The molecule has 0 aromatic carbocycles. The third-order valence-corrected chi connectivity index (χ3v) is 2.44. The largest absolute Gasteiger partial charge is 0.381 e. The van der Waals surface area contributed by atoms with Gasteiger partial charge in [0, 0.05) is 33.7 Å². The molecule has 0 aromatic rings. The standard InChI is InChI=1S/C10H18N2O3/c1-12(2)9(13)3-5-11-10(14)8-4-6-15-7-8/h8H,3-7H2,1-2H3,(H,11,14). The van der Waals surface area contributed by atoms with E-state index in [1.807, 2.05) is 0 Å². The highest BCUT2D eigenvalue weighted by Crippen LogP contribution is 2.11.